The summed E-state index contributed by atoms with van der Waals surface area (Å²) >= 11 is 0. The molecule has 1 aromatic carbocycles. The fourth-order valence-corrected chi connectivity index (χ4v) is 2.47. The van der Waals surface area contributed by atoms with Crippen LogP contribution in [0.4, 0.5) is 5.82 Å². The maximum Gasteiger partial charge on any atom is 0.165 e. The van der Waals surface area contributed by atoms with Gasteiger partial charge in [0.1, 0.15) is 11.6 Å². The van der Waals surface area contributed by atoms with E-state index in [0.29, 0.717) is 11.4 Å². The third-order valence-electron chi connectivity index (χ3n) is 3.64. The number of hydrogen-bond acceptors (Lipinski definition) is 5. The van der Waals surface area contributed by atoms with Crippen LogP contribution in [0.2, 0.25) is 0 Å². The average Bonchev–Trinajstić information content (AvgIpc) is 2.60. The van der Waals surface area contributed by atoms with Crippen LogP contribution in [0, 0.1) is 6.92 Å². The molecule has 0 aliphatic carbocycles. The Morgan fingerprint density at radius 1 is 1.04 bits per heavy atom. The molecule has 0 fully saturated rings. The Labute approximate surface area is 141 Å². The lowest BCUT2D eigenvalue weighted by Crippen LogP contribution is -2.07. The molecule has 122 valence electrons. The van der Waals surface area contributed by atoms with Gasteiger partial charge in [-0.2, -0.15) is 0 Å². The van der Waals surface area contributed by atoms with Crippen LogP contribution in [-0.4, -0.2) is 26.6 Å². The molecule has 0 aliphatic rings. The topological polar surface area (TPSA) is 70.9 Å². The molecule has 0 unspecified atom stereocenters. The first kappa shape index (κ1) is 15.9. The summed E-state index contributed by atoms with van der Waals surface area (Å²) in [6.07, 6.45) is 3.70. The maximum absolute atomic E-state index is 9.98. The van der Waals surface area contributed by atoms with Gasteiger partial charge in [0.15, 0.2) is 5.82 Å². The van der Waals surface area contributed by atoms with Crippen LogP contribution in [0.3, 0.4) is 0 Å². The Kier molecular flexibility index (Phi) is 5.01. The number of aromatic hydroxyl groups is 1. The van der Waals surface area contributed by atoms with E-state index in [1.54, 1.807) is 12.1 Å². The van der Waals surface area contributed by atoms with Crippen molar-refractivity contribution in [2.75, 3.05) is 11.9 Å². The molecule has 3 rings (SSSR count). The minimum Gasteiger partial charge on any atom is -0.507 e. The van der Waals surface area contributed by atoms with Crippen LogP contribution in [0.25, 0.3) is 11.4 Å². The molecule has 0 aliphatic heterocycles. The summed E-state index contributed by atoms with van der Waals surface area (Å²) in [4.78, 5) is 13.3. The van der Waals surface area contributed by atoms with Gasteiger partial charge in [-0.25, -0.2) is 9.97 Å². The number of anilines is 1. The van der Waals surface area contributed by atoms with Gasteiger partial charge < -0.3 is 10.4 Å². The summed E-state index contributed by atoms with van der Waals surface area (Å²) in [5.74, 6) is 1.48. The number of para-hydroxylation sites is 1. The molecule has 0 spiro atoms. The quantitative estimate of drug-likeness (QED) is 0.679. The van der Waals surface area contributed by atoms with E-state index in [4.69, 9.17) is 0 Å². The number of nitrogens with one attached hydrogen (secondary N) is 1. The number of phenolic OH excluding ortho intramolecular Hbond substituents is 1. The highest BCUT2D eigenvalue weighted by Crippen LogP contribution is 2.26. The number of benzene rings is 1. The van der Waals surface area contributed by atoms with E-state index in [1.807, 2.05) is 49.5 Å². The highest BCUT2D eigenvalue weighted by molar-refractivity contribution is 5.64. The van der Waals surface area contributed by atoms with Gasteiger partial charge in [0.2, 0.25) is 0 Å². The van der Waals surface area contributed by atoms with Gasteiger partial charge in [0.05, 0.1) is 5.56 Å². The second-order valence-electron chi connectivity index (χ2n) is 5.59. The monoisotopic (exact) mass is 320 g/mol. The Hall–Kier alpha value is -2.95. The molecule has 0 saturated heterocycles. The molecule has 2 N–H and O–H groups in total. The maximum atomic E-state index is 9.98. The third-order valence-corrected chi connectivity index (χ3v) is 3.64. The number of pyridine rings is 1. The van der Waals surface area contributed by atoms with E-state index in [1.165, 1.54) is 0 Å². The zero-order valence-corrected chi connectivity index (χ0v) is 13.6. The van der Waals surface area contributed by atoms with Gasteiger partial charge in [-0.3, -0.25) is 4.98 Å². The van der Waals surface area contributed by atoms with Crippen LogP contribution in [-0.2, 0) is 6.42 Å². The van der Waals surface area contributed by atoms with Gasteiger partial charge >= 0.3 is 0 Å². The van der Waals surface area contributed by atoms with Crippen molar-refractivity contribution in [1.82, 2.24) is 15.0 Å². The summed E-state index contributed by atoms with van der Waals surface area (Å²) in [7, 11) is 0. The minimum absolute atomic E-state index is 0.184. The van der Waals surface area contributed by atoms with Crippen molar-refractivity contribution < 1.29 is 5.11 Å². The Morgan fingerprint density at radius 3 is 2.67 bits per heavy atom. The lowest BCUT2D eigenvalue weighted by atomic mass is 10.2. The highest BCUT2D eigenvalue weighted by Gasteiger charge is 2.08. The first-order valence-electron chi connectivity index (χ1n) is 8.00. The van der Waals surface area contributed by atoms with Crippen molar-refractivity contribution in [1.29, 1.82) is 0 Å². The smallest absolute Gasteiger partial charge is 0.165 e. The number of aryl methyl sites for hydroxylation is 2. The van der Waals surface area contributed by atoms with Gasteiger partial charge in [0, 0.05) is 30.2 Å². The number of nitrogens with zero attached hydrogens (tertiary/aromatic N) is 3. The average molecular weight is 320 g/mol. The van der Waals surface area contributed by atoms with Crippen molar-refractivity contribution in [3.05, 3.63) is 66.1 Å². The van der Waals surface area contributed by atoms with E-state index in [2.05, 4.69) is 20.3 Å². The molecule has 2 aromatic heterocycles. The molecule has 3 aromatic rings. The number of aromatic nitrogens is 3. The van der Waals surface area contributed by atoms with E-state index in [0.717, 1.165) is 36.6 Å². The van der Waals surface area contributed by atoms with Gasteiger partial charge in [0.25, 0.3) is 0 Å². The normalized spacial score (nSPS) is 10.5. The minimum atomic E-state index is 0.184. The molecule has 2 heterocycles. The van der Waals surface area contributed by atoms with Gasteiger partial charge in [-0.05, 0) is 44.0 Å². The Bertz CT molecular complexity index is 805. The largest absolute Gasteiger partial charge is 0.507 e. The zero-order valence-electron chi connectivity index (χ0n) is 13.6. The standard InChI is InChI=1S/C19H20N4O/c1-14-13-18(21-12-6-8-15-7-4-5-11-20-15)23-19(22-14)16-9-2-3-10-17(16)24/h2-5,7,9-11,13,24H,6,8,12H2,1H3,(H,21,22,23). The van der Waals surface area contributed by atoms with Gasteiger partial charge in [-0.15, -0.1) is 0 Å². The number of rotatable bonds is 6. The van der Waals surface area contributed by atoms with Crippen molar-refractivity contribution >= 4 is 5.82 Å². The van der Waals surface area contributed by atoms with Crippen LogP contribution in [0.5, 0.6) is 5.75 Å². The summed E-state index contributed by atoms with van der Waals surface area (Å²) < 4.78 is 0. The molecule has 24 heavy (non-hydrogen) atoms. The van der Waals surface area contributed by atoms with Crippen molar-refractivity contribution in [2.45, 2.75) is 19.8 Å². The summed E-state index contributed by atoms with van der Waals surface area (Å²) in [5.41, 5.74) is 2.58. The van der Waals surface area contributed by atoms with Crippen LogP contribution < -0.4 is 5.32 Å². The Balaban J connectivity index is 1.65. The van der Waals surface area contributed by atoms with E-state index < -0.39 is 0 Å². The molecular weight excluding hydrogens is 300 g/mol. The lowest BCUT2D eigenvalue weighted by Gasteiger charge is -2.09. The lowest BCUT2D eigenvalue weighted by molar-refractivity contribution is 0.477. The SMILES string of the molecule is Cc1cc(NCCCc2ccccn2)nc(-c2ccccc2O)n1. The molecule has 0 amide bonds. The van der Waals surface area contributed by atoms with Crippen LogP contribution in [0.15, 0.2) is 54.7 Å². The zero-order chi connectivity index (χ0) is 16.8. The van der Waals surface area contributed by atoms with Crippen LogP contribution >= 0.6 is 0 Å². The van der Waals surface area contributed by atoms with Gasteiger partial charge in [-0.1, -0.05) is 18.2 Å². The second-order valence-corrected chi connectivity index (χ2v) is 5.59. The number of phenols is 1. The predicted octanol–water partition coefficient (Wildman–Crippen LogP) is 3.60. The highest BCUT2D eigenvalue weighted by atomic mass is 16.3. The first-order valence-corrected chi connectivity index (χ1v) is 8.00. The van der Waals surface area contributed by atoms with Crippen LogP contribution in [0.1, 0.15) is 17.8 Å². The van der Waals surface area contributed by atoms with Crippen molar-refractivity contribution in [3.8, 4) is 17.1 Å². The van der Waals surface area contributed by atoms with Crippen molar-refractivity contribution in [3.63, 3.8) is 0 Å². The summed E-state index contributed by atoms with van der Waals surface area (Å²) in [6, 6.07) is 15.0. The summed E-state index contributed by atoms with van der Waals surface area (Å²) in [6.45, 7) is 2.72. The molecule has 5 heteroatoms. The van der Waals surface area contributed by atoms with E-state index in [-0.39, 0.29) is 5.75 Å². The van der Waals surface area contributed by atoms with E-state index in [9.17, 15) is 5.11 Å². The molecule has 0 atom stereocenters. The molecule has 0 saturated carbocycles. The van der Waals surface area contributed by atoms with E-state index >= 15 is 0 Å². The van der Waals surface area contributed by atoms with Crippen molar-refractivity contribution in [2.24, 2.45) is 0 Å². The molecule has 5 nitrogen and oxygen atoms in total. The molecular formula is C19H20N4O. The molecule has 0 bridgehead atoms. The summed E-state index contributed by atoms with van der Waals surface area (Å²) in [5, 5.41) is 13.3. The predicted molar refractivity (Wildman–Crippen MR) is 94.9 cm³/mol. The second kappa shape index (κ2) is 7.55. The first-order chi connectivity index (χ1) is 11.7. The fourth-order valence-electron chi connectivity index (χ4n) is 2.47. The number of hydrogen-bond donors (Lipinski definition) is 2. The third kappa shape index (κ3) is 4.07. The Morgan fingerprint density at radius 2 is 1.88 bits per heavy atom. The fraction of sp³-hybridized carbons (Fsp3) is 0.211. The molecule has 0 radical (unpaired) electrons.